The van der Waals surface area contributed by atoms with Crippen LogP contribution < -0.4 is 5.32 Å². The van der Waals surface area contributed by atoms with Gasteiger partial charge in [-0.1, -0.05) is 54.2 Å². The van der Waals surface area contributed by atoms with E-state index < -0.39 is 0 Å². The van der Waals surface area contributed by atoms with Crippen molar-refractivity contribution in [3.8, 4) is 11.3 Å². The smallest absolute Gasteiger partial charge is 0.221 e. The number of carbonyl (C=O) groups is 1. The molecule has 0 unspecified atom stereocenters. The molecule has 0 spiro atoms. The van der Waals surface area contributed by atoms with Crippen LogP contribution in [0.2, 0.25) is 0 Å². The molecule has 3 aromatic rings. The molecule has 2 heterocycles. The molecule has 5 nitrogen and oxygen atoms in total. The Morgan fingerprint density at radius 1 is 1.08 bits per heavy atom. The quantitative estimate of drug-likeness (QED) is 0.757. The summed E-state index contributed by atoms with van der Waals surface area (Å²) in [5.41, 5.74) is 4.83. The van der Waals surface area contributed by atoms with Gasteiger partial charge in [0.1, 0.15) is 0 Å². The van der Waals surface area contributed by atoms with Crippen LogP contribution in [0.15, 0.2) is 71.1 Å². The predicted molar refractivity (Wildman–Crippen MR) is 106 cm³/mol. The van der Waals surface area contributed by atoms with Crippen molar-refractivity contribution >= 4 is 29.1 Å². The number of nitrogens with one attached hydrogen (secondary N) is 1. The predicted octanol–water partition coefficient (Wildman–Crippen LogP) is 4.26. The summed E-state index contributed by atoms with van der Waals surface area (Å²) in [6, 6.07) is 17.9. The molecule has 1 atom stereocenters. The summed E-state index contributed by atoms with van der Waals surface area (Å²) in [6.07, 6.45) is 1.97. The van der Waals surface area contributed by atoms with Crippen LogP contribution >= 0.6 is 11.8 Å². The molecule has 0 bridgehead atoms. The number of aromatic nitrogens is 2. The van der Waals surface area contributed by atoms with Gasteiger partial charge < -0.3 is 5.32 Å². The normalized spacial score (nSPS) is 15.9. The number of rotatable bonds is 3. The fraction of sp³-hybridized carbons (Fsp3) is 0.150. The SMILES string of the molecule is CC(=O)Nc1ccc(C2=Nn3cc(-c4ccccc4)nc3S[C@@H]2C)cc1. The van der Waals surface area contributed by atoms with Crippen LogP contribution in [-0.2, 0) is 4.79 Å². The molecule has 130 valence electrons. The third-order valence-electron chi connectivity index (χ3n) is 4.11. The Bertz CT molecular complexity index is 977. The lowest BCUT2D eigenvalue weighted by molar-refractivity contribution is -0.114. The molecule has 1 aliphatic heterocycles. The summed E-state index contributed by atoms with van der Waals surface area (Å²) in [4.78, 5) is 15.9. The van der Waals surface area contributed by atoms with E-state index >= 15 is 0 Å². The first kappa shape index (κ1) is 16.6. The largest absolute Gasteiger partial charge is 0.326 e. The second-order valence-electron chi connectivity index (χ2n) is 6.12. The molecular weight excluding hydrogens is 344 g/mol. The van der Waals surface area contributed by atoms with E-state index in [4.69, 9.17) is 10.1 Å². The number of fused-ring (bicyclic) bond motifs is 1. The number of hydrogen-bond donors (Lipinski definition) is 1. The van der Waals surface area contributed by atoms with Crippen LogP contribution in [0.25, 0.3) is 11.3 Å². The molecule has 26 heavy (non-hydrogen) atoms. The van der Waals surface area contributed by atoms with Gasteiger partial charge in [-0.05, 0) is 24.6 Å². The van der Waals surface area contributed by atoms with Gasteiger partial charge in [0.15, 0.2) is 5.16 Å². The third kappa shape index (κ3) is 3.28. The van der Waals surface area contributed by atoms with E-state index in [0.29, 0.717) is 0 Å². The molecule has 0 aliphatic carbocycles. The lowest BCUT2D eigenvalue weighted by Crippen LogP contribution is -2.21. The average Bonchev–Trinajstić information content (AvgIpc) is 3.05. The Hall–Kier alpha value is -2.86. The van der Waals surface area contributed by atoms with Crippen molar-refractivity contribution in [2.75, 3.05) is 5.32 Å². The van der Waals surface area contributed by atoms with E-state index in [9.17, 15) is 4.79 Å². The van der Waals surface area contributed by atoms with Crippen molar-refractivity contribution in [3.05, 3.63) is 66.4 Å². The van der Waals surface area contributed by atoms with Gasteiger partial charge in [-0.2, -0.15) is 5.10 Å². The van der Waals surface area contributed by atoms with E-state index in [1.54, 1.807) is 11.8 Å². The van der Waals surface area contributed by atoms with Gasteiger partial charge in [0.05, 0.1) is 22.9 Å². The van der Waals surface area contributed by atoms with Crippen LogP contribution in [0.4, 0.5) is 5.69 Å². The molecule has 2 aromatic carbocycles. The number of hydrogen-bond acceptors (Lipinski definition) is 4. The monoisotopic (exact) mass is 362 g/mol. The number of imidazole rings is 1. The number of benzene rings is 2. The highest BCUT2D eigenvalue weighted by atomic mass is 32.2. The number of thioether (sulfide) groups is 1. The Kier molecular flexibility index (Phi) is 4.34. The van der Waals surface area contributed by atoms with Crippen molar-refractivity contribution in [2.24, 2.45) is 5.10 Å². The van der Waals surface area contributed by atoms with Gasteiger partial charge in [0.2, 0.25) is 5.91 Å². The van der Waals surface area contributed by atoms with Crippen LogP contribution in [-0.4, -0.2) is 26.5 Å². The molecule has 1 N–H and O–H groups in total. The summed E-state index contributed by atoms with van der Waals surface area (Å²) in [5.74, 6) is -0.0758. The molecule has 0 saturated heterocycles. The van der Waals surface area contributed by atoms with Crippen LogP contribution in [0.5, 0.6) is 0 Å². The van der Waals surface area contributed by atoms with Crippen LogP contribution in [0.3, 0.4) is 0 Å². The summed E-state index contributed by atoms with van der Waals surface area (Å²) >= 11 is 1.70. The summed E-state index contributed by atoms with van der Waals surface area (Å²) < 4.78 is 1.85. The van der Waals surface area contributed by atoms with Crippen molar-refractivity contribution in [1.29, 1.82) is 0 Å². The maximum absolute atomic E-state index is 11.2. The van der Waals surface area contributed by atoms with E-state index in [0.717, 1.165) is 33.4 Å². The Morgan fingerprint density at radius 3 is 2.50 bits per heavy atom. The Labute approximate surface area is 156 Å². The minimum atomic E-state index is -0.0758. The molecule has 1 aliphatic rings. The molecule has 4 rings (SSSR count). The molecule has 6 heteroatoms. The lowest BCUT2D eigenvalue weighted by Gasteiger charge is -2.19. The number of amides is 1. The maximum atomic E-state index is 11.2. The number of carbonyl (C=O) groups excluding carboxylic acids is 1. The van der Waals surface area contributed by atoms with E-state index in [1.807, 2.05) is 65.5 Å². The second kappa shape index (κ2) is 6.80. The molecule has 0 saturated carbocycles. The van der Waals surface area contributed by atoms with Gasteiger partial charge in [0, 0.05) is 18.2 Å². The fourth-order valence-corrected chi connectivity index (χ4v) is 3.85. The zero-order chi connectivity index (χ0) is 18.1. The van der Waals surface area contributed by atoms with E-state index in [1.165, 1.54) is 6.92 Å². The molecule has 1 aromatic heterocycles. The molecule has 1 amide bonds. The third-order valence-corrected chi connectivity index (χ3v) is 5.18. The first-order valence-electron chi connectivity index (χ1n) is 8.38. The van der Waals surface area contributed by atoms with Gasteiger partial charge >= 0.3 is 0 Å². The highest BCUT2D eigenvalue weighted by Gasteiger charge is 2.24. The van der Waals surface area contributed by atoms with Crippen molar-refractivity contribution < 1.29 is 4.79 Å². The van der Waals surface area contributed by atoms with Gasteiger partial charge in [0.25, 0.3) is 0 Å². The highest BCUT2D eigenvalue weighted by Crippen LogP contribution is 2.32. The summed E-state index contributed by atoms with van der Waals surface area (Å²) in [7, 11) is 0. The minimum absolute atomic E-state index is 0.0758. The van der Waals surface area contributed by atoms with Gasteiger partial charge in [-0.15, -0.1) is 0 Å². The Balaban J connectivity index is 1.66. The van der Waals surface area contributed by atoms with E-state index in [2.05, 4.69) is 12.2 Å². The molecule has 0 fully saturated rings. The lowest BCUT2D eigenvalue weighted by atomic mass is 10.1. The summed E-state index contributed by atoms with van der Waals surface area (Å²) in [6.45, 7) is 3.63. The summed E-state index contributed by atoms with van der Waals surface area (Å²) in [5, 5.41) is 8.67. The van der Waals surface area contributed by atoms with Gasteiger partial charge in [-0.25, -0.2) is 9.66 Å². The number of nitrogens with zero attached hydrogens (tertiary/aromatic N) is 3. The first-order chi connectivity index (χ1) is 12.6. The molecule has 0 radical (unpaired) electrons. The second-order valence-corrected chi connectivity index (χ2v) is 7.43. The maximum Gasteiger partial charge on any atom is 0.221 e. The minimum Gasteiger partial charge on any atom is -0.326 e. The van der Waals surface area contributed by atoms with Crippen molar-refractivity contribution in [1.82, 2.24) is 9.66 Å². The van der Waals surface area contributed by atoms with E-state index in [-0.39, 0.29) is 11.2 Å². The van der Waals surface area contributed by atoms with Crippen molar-refractivity contribution in [2.45, 2.75) is 24.3 Å². The zero-order valence-electron chi connectivity index (χ0n) is 14.5. The number of anilines is 1. The van der Waals surface area contributed by atoms with Gasteiger partial charge in [-0.3, -0.25) is 4.79 Å². The Morgan fingerprint density at radius 2 is 1.81 bits per heavy atom. The average molecular weight is 362 g/mol. The zero-order valence-corrected chi connectivity index (χ0v) is 15.3. The fourth-order valence-electron chi connectivity index (χ4n) is 2.89. The first-order valence-corrected chi connectivity index (χ1v) is 9.26. The molecular formula is C20H18N4OS. The van der Waals surface area contributed by atoms with Crippen LogP contribution in [0.1, 0.15) is 19.4 Å². The topological polar surface area (TPSA) is 59.3 Å². The standard InChI is InChI=1S/C20H18N4OS/c1-13-19(16-8-10-17(11-9-16)21-14(2)25)23-24-12-18(22-20(24)26-13)15-6-4-3-5-7-15/h3-13H,1-2H3,(H,21,25)/t13-/m1/s1. The van der Waals surface area contributed by atoms with Crippen molar-refractivity contribution in [3.63, 3.8) is 0 Å². The van der Waals surface area contributed by atoms with Crippen LogP contribution in [0, 0.1) is 0 Å². The highest BCUT2D eigenvalue weighted by molar-refractivity contribution is 8.00.